The second-order valence-electron chi connectivity index (χ2n) is 4.41. The highest BCUT2D eigenvalue weighted by Gasteiger charge is 2.09. The largest absolute Gasteiger partial charge is 0.331 e. The Morgan fingerprint density at radius 1 is 0.636 bits per heavy atom. The molecular formula is C13H19N3O6. The number of hydrogen-bond donors (Lipinski definition) is 0. The van der Waals surface area contributed by atoms with Crippen LogP contribution in [0.1, 0.15) is 47.5 Å². The average Bonchev–Trinajstić information content (AvgIpc) is 2.40. The Balaban J connectivity index is 4.90. The minimum atomic E-state index is -0.582. The summed E-state index contributed by atoms with van der Waals surface area (Å²) in [6.07, 6.45) is 0.376. The van der Waals surface area contributed by atoms with Crippen molar-refractivity contribution in [3.05, 3.63) is 0 Å². The monoisotopic (exact) mass is 313 g/mol. The van der Waals surface area contributed by atoms with Gasteiger partial charge in [0.1, 0.15) is 0 Å². The van der Waals surface area contributed by atoms with Crippen LogP contribution in [-0.2, 0) is 28.9 Å². The first-order valence-corrected chi connectivity index (χ1v) is 6.36. The highest BCUT2D eigenvalue weighted by molar-refractivity contribution is 6.11. The zero-order valence-corrected chi connectivity index (χ0v) is 13.2. The maximum absolute atomic E-state index is 10.8. The Morgan fingerprint density at radius 3 is 1.27 bits per heavy atom. The van der Waals surface area contributed by atoms with Gasteiger partial charge in [-0.15, -0.1) is 0 Å². The third kappa shape index (κ3) is 11.3. The molecule has 122 valence electrons. The summed E-state index contributed by atoms with van der Waals surface area (Å²) in [6.45, 7) is 6.89. The molecule has 0 saturated carbocycles. The van der Waals surface area contributed by atoms with Crippen LogP contribution < -0.4 is 0 Å². The van der Waals surface area contributed by atoms with Gasteiger partial charge in [0.05, 0.1) is 17.1 Å². The van der Waals surface area contributed by atoms with Gasteiger partial charge in [-0.05, 0) is 13.8 Å². The van der Waals surface area contributed by atoms with Crippen molar-refractivity contribution in [3.8, 4) is 0 Å². The molecule has 0 atom stereocenters. The van der Waals surface area contributed by atoms with E-state index < -0.39 is 17.9 Å². The smallest absolute Gasteiger partial charge is 0.319 e. The van der Waals surface area contributed by atoms with Crippen LogP contribution in [0, 0.1) is 0 Å². The first-order valence-electron chi connectivity index (χ1n) is 6.36. The van der Waals surface area contributed by atoms with Crippen LogP contribution in [0.25, 0.3) is 0 Å². The van der Waals surface area contributed by atoms with Crippen LogP contribution in [0.15, 0.2) is 15.5 Å². The van der Waals surface area contributed by atoms with E-state index in [4.69, 9.17) is 0 Å². The van der Waals surface area contributed by atoms with E-state index in [-0.39, 0.29) is 12.8 Å². The SMILES string of the molecule is CC(=O)ON=C(C)CC(CC(C)=NOC(C)=O)=NOC(C)=O. The third-order valence-corrected chi connectivity index (χ3v) is 1.88. The molecule has 0 aromatic heterocycles. The molecule has 0 spiro atoms. The molecule has 0 rings (SSSR count). The Hall–Kier alpha value is -2.58. The maximum Gasteiger partial charge on any atom is 0.331 e. The van der Waals surface area contributed by atoms with Gasteiger partial charge >= 0.3 is 17.9 Å². The molecule has 0 aromatic carbocycles. The van der Waals surface area contributed by atoms with Crippen LogP contribution in [0.2, 0.25) is 0 Å². The molecule has 0 heterocycles. The average molecular weight is 313 g/mol. The molecule has 9 heteroatoms. The summed E-state index contributed by atoms with van der Waals surface area (Å²) in [4.78, 5) is 45.8. The number of rotatable bonds is 7. The predicted molar refractivity (Wildman–Crippen MR) is 78.2 cm³/mol. The molecule has 22 heavy (non-hydrogen) atoms. The second-order valence-corrected chi connectivity index (χ2v) is 4.41. The van der Waals surface area contributed by atoms with E-state index in [0.29, 0.717) is 17.1 Å². The molecule has 0 saturated heterocycles. The lowest BCUT2D eigenvalue weighted by Crippen LogP contribution is -2.12. The zero-order valence-electron chi connectivity index (χ0n) is 13.2. The molecule has 0 fully saturated rings. The standard InChI is InChI=1S/C13H19N3O6/c1-8(14-20-10(3)17)6-13(16-22-12(5)19)7-9(2)15-21-11(4)18/h6-7H2,1-5H3. The number of oxime groups is 3. The van der Waals surface area contributed by atoms with E-state index in [1.165, 1.54) is 20.8 Å². The van der Waals surface area contributed by atoms with Gasteiger partial charge in [0.25, 0.3) is 0 Å². The summed E-state index contributed by atoms with van der Waals surface area (Å²) in [5.41, 5.74) is 1.29. The summed E-state index contributed by atoms with van der Waals surface area (Å²) in [5, 5.41) is 10.9. The highest BCUT2D eigenvalue weighted by Crippen LogP contribution is 2.02. The molecule has 0 aliphatic rings. The van der Waals surface area contributed by atoms with Gasteiger partial charge in [0, 0.05) is 33.6 Å². The fourth-order valence-electron chi connectivity index (χ4n) is 1.20. The van der Waals surface area contributed by atoms with Gasteiger partial charge in [-0.25, -0.2) is 14.4 Å². The van der Waals surface area contributed by atoms with E-state index in [1.807, 2.05) is 0 Å². The van der Waals surface area contributed by atoms with Crippen molar-refractivity contribution in [3.63, 3.8) is 0 Å². The van der Waals surface area contributed by atoms with Crippen molar-refractivity contribution in [1.82, 2.24) is 0 Å². The fraction of sp³-hybridized carbons (Fsp3) is 0.538. The van der Waals surface area contributed by atoms with E-state index >= 15 is 0 Å². The molecule has 0 amide bonds. The zero-order chi connectivity index (χ0) is 17.1. The summed E-state index contributed by atoms with van der Waals surface area (Å²) in [7, 11) is 0. The highest BCUT2D eigenvalue weighted by atomic mass is 16.7. The van der Waals surface area contributed by atoms with Crippen LogP contribution in [0.4, 0.5) is 0 Å². The van der Waals surface area contributed by atoms with Crippen molar-refractivity contribution in [2.24, 2.45) is 15.5 Å². The van der Waals surface area contributed by atoms with Gasteiger partial charge in [-0.3, -0.25) is 0 Å². The maximum atomic E-state index is 10.8. The Bertz CT molecular complexity index is 486. The van der Waals surface area contributed by atoms with Crippen molar-refractivity contribution in [2.45, 2.75) is 47.5 Å². The predicted octanol–water partition coefficient (Wildman–Crippen LogP) is 1.56. The topological polar surface area (TPSA) is 116 Å². The van der Waals surface area contributed by atoms with Crippen molar-refractivity contribution in [1.29, 1.82) is 0 Å². The Labute approximate surface area is 127 Å². The van der Waals surface area contributed by atoms with Crippen LogP contribution >= 0.6 is 0 Å². The van der Waals surface area contributed by atoms with Crippen LogP contribution in [0.3, 0.4) is 0 Å². The van der Waals surface area contributed by atoms with E-state index in [2.05, 4.69) is 30.0 Å². The van der Waals surface area contributed by atoms with Gasteiger partial charge in [0.2, 0.25) is 0 Å². The first kappa shape index (κ1) is 19.4. The van der Waals surface area contributed by atoms with E-state index in [9.17, 15) is 14.4 Å². The number of hydrogen-bond acceptors (Lipinski definition) is 9. The molecule has 0 N–H and O–H groups in total. The molecule has 0 aliphatic carbocycles. The summed E-state index contributed by atoms with van der Waals surface area (Å²) >= 11 is 0. The number of carbonyl (C=O) groups is 3. The summed E-state index contributed by atoms with van der Waals surface area (Å²) < 4.78 is 0. The Morgan fingerprint density at radius 2 is 0.955 bits per heavy atom. The minimum absolute atomic E-state index is 0.188. The summed E-state index contributed by atoms with van der Waals surface area (Å²) in [5.74, 6) is -1.68. The first-order chi connectivity index (χ1) is 10.2. The van der Waals surface area contributed by atoms with Crippen LogP contribution in [0.5, 0.6) is 0 Å². The normalized spacial score (nSPS) is 11.5. The van der Waals surface area contributed by atoms with Crippen molar-refractivity contribution < 1.29 is 28.9 Å². The number of carbonyl (C=O) groups excluding carboxylic acids is 3. The van der Waals surface area contributed by atoms with Gasteiger partial charge in [0.15, 0.2) is 0 Å². The lowest BCUT2D eigenvalue weighted by atomic mass is 10.1. The molecular weight excluding hydrogens is 294 g/mol. The van der Waals surface area contributed by atoms with Crippen LogP contribution in [-0.4, -0.2) is 35.0 Å². The molecule has 0 aromatic rings. The Kier molecular flexibility index (Phi) is 9.00. The number of nitrogens with zero attached hydrogens (tertiary/aromatic N) is 3. The molecule has 9 nitrogen and oxygen atoms in total. The van der Waals surface area contributed by atoms with Crippen molar-refractivity contribution in [2.75, 3.05) is 0 Å². The quantitative estimate of drug-likeness (QED) is 0.400. The van der Waals surface area contributed by atoms with E-state index in [0.717, 1.165) is 0 Å². The van der Waals surface area contributed by atoms with Gasteiger partial charge < -0.3 is 14.5 Å². The van der Waals surface area contributed by atoms with Crippen molar-refractivity contribution >= 4 is 35.0 Å². The summed E-state index contributed by atoms with van der Waals surface area (Å²) in [6, 6.07) is 0. The lowest BCUT2D eigenvalue weighted by molar-refractivity contribution is -0.141. The fourth-order valence-corrected chi connectivity index (χ4v) is 1.20. The van der Waals surface area contributed by atoms with E-state index in [1.54, 1.807) is 13.8 Å². The van der Waals surface area contributed by atoms with Gasteiger partial charge in [-0.2, -0.15) is 0 Å². The lowest BCUT2D eigenvalue weighted by Gasteiger charge is -2.05. The molecule has 0 aliphatic heterocycles. The third-order valence-electron chi connectivity index (χ3n) is 1.88. The molecule has 0 unspecified atom stereocenters. The van der Waals surface area contributed by atoms with Gasteiger partial charge in [-0.1, -0.05) is 15.5 Å². The molecule has 0 radical (unpaired) electrons. The second kappa shape index (κ2) is 10.2. The minimum Gasteiger partial charge on any atom is -0.319 e. The molecule has 0 bridgehead atoms.